The second-order valence-electron chi connectivity index (χ2n) is 8.58. The van der Waals surface area contributed by atoms with E-state index in [1.165, 1.54) is 0 Å². The Balaban J connectivity index is 1.57. The third-order valence-electron chi connectivity index (χ3n) is 5.57. The molecule has 34 heavy (non-hydrogen) atoms. The predicted octanol–water partition coefficient (Wildman–Crippen LogP) is 4.23. The lowest BCUT2D eigenvalue weighted by Gasteiger charge is -2.18. The number of benzene rings is 2. The SMILES string of the molecule is Cc1onc(-c2ccccc2)c1C(=O)N(C)Cc1nc(NCCCN(C)C)c2ccccc2n1. The molecular formula is C26H30N6O2. The molecule has 0 saturated heterocycles. The molecule has 0 atom stereocenters. The molecule has 2 heterocycles. The molecule has 8 nitrogen and oxygen atoms in total. The van der Waals surface area contributed by atoms with E-state index in [0.29, 0.717) is 22.8 Å². The van der Waals surface area contributed by atoms with E-state index in [4.69, 9.17) is 14.5 Å². The van der Waals surface area contributed by atoms with Gasteiger partial charge in [0.25, 0.3) is 5.91 Å². The summed E-state index contributed by atoms with van der Waals surface area (Å²) in [5, 5.41) is 8.55. The van der Waals surface area contributed by atoms with Crippen molar-refractivity contribution < 1.29 is 9.32 Å². The first kappa shape index (κ1) is 23.4. The lowest BCUT2D eigenvalue weighted by atomic mass is 10.1. The van der Waals surface area contributed by atoms with E-state index < -0.39 is 0 Å². The van der Waals surface area contributed by atoms with Crippen LogP contribution in [0.25, 0.3) is 22.2 Å². The molecule has 0 aliphatic carbocycles. The fourth-order valence-electron chi connectivity index (χ4n) is 3.82. The summed E-state index contributed by atoms with van der Waals surface area (Å²) in [6, 6.07) is 17.5. The van der Waals surface area contributed by atoms with Crippen LogP contribution in [-0.2, 0) is 6.54 Å². The van der Waals surface area contributed by atoms with Crippen molar-refractivity contribution in [3.8, 4) is 11.3 Å². The maximum absolute atomic E-state index is 13.4. The van der Waals surface area contributed by atoms with Gasteiger partial charge in [-0.25, -0.2) is 9.97 Å². The number of hydrogen-bond acceptors (Lipinski definition) is 7. The van der Waals surface area contributed by atoms with Crippen LogP contribution in [-0.4, -0.2) is 65.1 Å². The first-order valence-corrected chi connectivity index (χ1v) is 11.4. The summed E-state index contributed by atoms with van der Waals surface area (Å²) >= 11 is 0. The van der Waals surface area contributed by atoms with Crippen molar-refractivity contribution in [1.82, 2.24) is 24.9 Å². The Hall–Kier alpha value is -3.78. The smallest absolute Gasteiger partial charge is 0.259 e. The number of anilines is 1. The van der Waals surface area contributed by atoms with E-state index in [1.54, 1.807) is 18.9 Å². The number of carbonyl (C=O) groups is 1. The average Bonchev–Trinajstić information content (AvgIpc) is 3.22. The van der Waals surface area contributed by atoms with E-state index in [2.05, 4.69) is 29.5 Å². The molecule has 0 aliphatic rings. The van der Waals surface area contributed by atoms with Crippen LogP contribution in [0.3, 0.4) is 0 Å². The van der Waals surface area contributed by atoms with Crippen molar-refractivity contribution in [2.24, 2.45) is 0 Å². The number of aryl methyl sites for hydroxylation is 1. The topological polar surface area (TPSA) is 87.4 Å². The molecule has 1 amide bonds. The second kappa shape index (κ2) is 10.4. The van der Waals surface area contributed by atoms with E-state index in [1.807, 2.05) is 54.6 Å². The van der Waals surface area contributed by atoms with Gasteiger partial charge in [0.2, 0.25) is 0 Å². The minimum Gasteiger partial charge on any atom is -0.369 e. The summed E-state index contributed by atoms with van der Waals surface area (Å²) in [6.45, 7) is 3.80. The quantitative estimate of drug-likeness (QED) is 0.376. The zero-order valence-electron chi connectivity index (χ0n) is 20.1. The van der Waals surface area contributed by atoms with E-state index >= 15 is 0 Å². The Morgan fingerprint density at radius 3 is 2.50 bits per heavy atom. The van der Waals surface area contributed by atoms with Crippen LogP contribution in [0.4, 0.5) is 5.82 Å². The summed E-state index contributed by atoms with van der Waals surface area (Å²) < 4.78 is 5.38. The van der Waals surface area contributed by atoms with E-state index in [-0.39, 0.29) is 12.5 Å². The normalized spacial score (nSPS) is 11.2. The predicted molar refractivity (Wildman–Crippen MR) is 134 cm³/mol. The number of fused-ring (bicyclic) bond motifs is 1. The van der Waals surface area contributed by atoms with Crippen molar-refractivity contribution >= 4 is 22.6 Å². The van der Waals surface area contributed by atoms with Crippen molar-refractivity contribution in [3.05, 3.63) is 71.7 Å². The number of nitrogens with zero attached hydrogens (tertiary/aromatic N) is 5. The van der Waals surface area contributed by atoms with Crippen LogP contribution >= 0.6 is 0 Å². The molecule has 0 fully saturated rings. The van der Waals surface area contributed by atoms with Crippen LogP contribution in [0, 0.1) is 6.92 Å². The fraction of sp³-hybridized carbons (Fsp3) is 0.308. The van der Waals surface area contributed by atoms with Gasteiger partial charge in [-0.05, 0) is 46.1 Å². The van der Waals surface area contributed by atoms with Gasteiger partial charge in [0.15, 0.2) is 5.82 Å². The van der Waals surface area contributed by atoms with Gasteiger partial charge < -0.3 is 19.6 Å². The fourth-order valence-corrected chi connectivity index (χ4v) is 3.82. The van der Waals surface area contributed by atoms with Gasteiger partial charge in [0.1, 0.15) is 22.8 Å². The first-order valence-electron chi connectivity index (χ1n) is 11.4. The van der Waals surface area contributed by atoms with Gasteiger partial charge >= 0.3 is 0 Å². The molecule has 8 heteroatoms. The van der Waals surface area contributed by atoms with Crippen LogP contribution in [0.1, 0.15) is 28.4 Å². The molecule has 4 aromatic rings. The molecule has 2 aromatic heterocycles. The zero-order chi connectivity index (χ0) is 24.1. The molecular weight excluding hydrogens is 428 g/mol. The Bertz CT molecular complexity index is 1270. The van der Waals surface area contributed by atoms with Gasteiger partial charge in [-0.2, -0.15) is 0 Å². The lowest BCUT2D eigenvalue weighted by molar-refractivity contribution is 0.0780. The number of hydrogen-bond donors (Lipinski definition) is 1. The summed E-state index contributed by atoms with van der Waals surface area (Å²) in [7, 11) is 5.86. The van der Waals surface area contributed by atoms with Crippen molar-refractivity contribution in [3.63, 3.8) is 0 Å². The van der Waals surface area contributed by atoms with Crippen LogP contribution in [0.15, 0.2) is 59.1 Å². The highest BCUT2D eigenvalue weighted by molar-refractivity contribution is 6.00. The lowest BCUT2D eigenvalue weighted by Crippen LogP contribution is -2.28. The van der Waals surface area contributed by atoms with Gasteiger partial charge in [-0.1, -0.05) is 47.6 Å². The molecule has 0 unspecified atom stereocenters. The Morgan fingerprint density at radius 1 is 1.00 bits per heavy atom. The van der Waals surface area contributed by atoms with E-state index in [0.717, 1.165) is 41.8 Å². The number of aromatic nitrogens is 3. The number of rotatable bonds is 9. The highest BCUT2D eigenvalue weighted by atomic mass is 16.5. The molecule has 176 valence electrons. The summed E-state index contributed by atoms with van der Waals surface area (Å²) in [6.07, 6.45) is 0.994. The number of amides is 1. The molecule has 0 aliphatic heterocycles. The maximum Gasteiger partial charge on any atom is 0.259 e. The van der Waals surface area contributed by atoms with Crippen LogP contribution in [0.2, 0.25) is 0 Å². The van der Waals surface area contributed by atoms with Gasteiger partial charge in [-0.3, -0.25) is 4.79 Å². The standard InChI is InChI=1S/C26H30N6O2/c1-18-23(24(30-34-18)19-11-6-5-7-12-19)26(33)32(4)17-22-28-21-14-9-8-13-20(21)25(29-22)27-15-10-16-31(2)3/h5-9,11-14H,10,15-17H2,1-4H3,(H,27,28,29). The first-order chi connectivity index (χ1) is 16.4. The second-order valence-corrected chi connectivity index (χ2v) is 8.58. The van der Waals surface area contributed by atoms with E-state index in [9.17, 15) is 4.79 Å². The molecule has 0 bridgehead atoms. The van der Waals surface area contributed by atoms with Crippen molar-refractivity contribution in [2.75, 3.05) is 39.5 Å². The maximum atomic E-state index is 13.4. The molecule has 4 rings (SSSR count). The third-order valence-corrected chi connectivity index (χ3v) is 5.57. The molecule has 0 saturated carbocycles. The summed E-state index contributed by atoms with van der Waals surface area (Å²) in [5.74, 6) is 1.65. The largest absolute Gasteiger partial charge is 0.369 e. The number of carbonyl (C=O) groups excluding carboxylic acids is 1. The minimum atomic E-state index is -0.185. The summed E-state index contributed by atoms with van der Waals surface area (Å²) in [4.78, 5) is 26.6. The Morgan fingerprint density at radius 2 is 1.74 bits per heavy atom. The average molecular weight is 459 g/mol. The van der Waals surface area contributed by atoms with Crippen LogP contribution in [0.5, 0.6) is 0 Å². The van der Waals surface area contributed by atoms with Crippen LogP contribution < -0.4 is 5.32 Å². The molecule has 1 N–H and O–H groups in total. The van der Waals surface area contributed by atoms with Gasteiger partial charge in [0.05, 0.1) is 12.1 Å². The number of para-hydroxylation sites is 1. The molecule has 0 spiro atoms. The summed E-state index contributed by atoms with van der Waals surface area (Å²) in [5.41, 5.74) is 2.67. The van der Waals surface area contributed by atoms with Crippen molar-refractivity contribution in [2.45, 2.75) is 19.9 Å². The highest BCUT2D eigenvalue weighted by Gasteiger charge is 2.25. The Labute approximate surface area is 199 Å². The highest BCUT2D eigenvalue weighted by Crippen LogP contribution is 2.27. The Kier molecular flexibility index (Phi) is 7.18. The van der Waals surface area contributed by atoms with Gasteiger partial charge in [-0.15, -0.1) is 0 Å². The minimum absolute atomic E-state index is 0.185. The monoisotopic (exact) mass is 458 g/mol. The molecule has 0 radical (unpaired) electrons. The zero-order valence-corrected chi connectivity index (χ0v) is 20.1. The number of nitrogens with one attached hydrogen (secondary N) is 1. The third kappa shape index (κ3) is 5.23. The molecule has 2 aromatic carbocycles. The van der Waals surface area contributed by atoms with Gasteiger partial charge in [0, 0.05) is 24.5 Å². The van der Waals surface area contributed by atoms with Crippen molar-refractivity contribution in [1.29, 1.82) is 0 Å².